The van der Waals surface area contributed by atoms with Gasteiger partial charge in [-0.2, -0.15) is 0 Å². The third kappa shape index (κ3) is 4.50. The Morgan fingerprint density at radius 1 is 1.13 bits per heavy atom. The lowest BCUT2D eigenvalue weighted by Crippen LogP contribution is -2.55. The molecule has 3 N–H and O–H groups in total. The first-order valence-electron chi connectivity index (χ1n) is 13.3. The fraction of sp³-hybridized carbons (Fsp3) is 0.483. The van der Waals surface area contributed by atoms with Gasteiger partial charge in [0.25, 0.3) is 0 Å². The molecule has 3 aliphatic rings. The maximum atomic E-state index is 14.3. The Morgan fingerprint density at radius 3 is 2.50 bits per heavy atom. The second-order valence-electron chi connectivity index (χ2n) is 10.8. The van der Waals surface area contributed by atoms with Crippen LogP contribution >= 0.6 is 23.4 Å². The number of rotatable bonds is 9. The van der Waals surface area contributed by atoms with Crippen molar-refractivity contribution in [3.63, 3.8) is 0 Å². The van der Waals surface area contributed by atoms with Crippen LogP contribution < -0.4 is 10.6 Å². The van der Waals surface area contributed by atoms with Crippen molar-refractivity contribution in [3.8, 4) is 0 Å². The first kappa shape index (κ1) is 27.0. The summed E-state index contributed by atoms with van der Waals surface area (Å²) in [5.74, 6) is -1.81. The van der Waals surface area contributed by atoms with E-state index in [1.54, 1.807) is 40.9 Å². The fourth-order valence-corrected chi connectivity index (χ4v) is 9.17. The van der Waals surface area contributed by atoms with Crippen molar-refractivity contribution in [2.75, 3.05) is 18.5 Å². The van der Waals surface area contributed by atoms with Crippen molar-refractivity contribution in [1.82, 2.24) is 10.2 Å². The number of amides is 3. The molecule has 2 aromatic rings. The molecule has 2 aromatic carbocycles. The maximum absolute atomic E-state index is 14.3. The summed E-state index contributed by atoms with van der Waals surface area (Å²) < 4.78 is -1.18. The van der Waals surface area contributed by atoms with Gasteiger partial charge in [0.05, 0.1) is 29.2 Å². The predicted molar refractivity (Wildman–Crippen MR) is 150 cm³/mol. The summed E-state index contributed by atoms with van der Waals surface area (Å²) in [5.41, 5.74) is 1.54. The van der Waals surface area contributed by atoms with E-state index in [2.05, 4.69) is 17.6 Å². The smallest absolute Gasteiger partial charge is 0.248 e. The van der Waals surface area contributed by atoms with Crippen LogP contribution in [-0.2, 0) is 20.8 Å². The highest BCUT2D eigenvalue weighted by Crippen LogP contribution is 2.71. The van der Waals surface area contributed by atoms with E-state index in [0.29, 0.717) is 30.1 Å². The number of nitrogens with one attached hydrogen (secondary N) is 2. The number of fused-ring (bicyclic) bond motifs is 1. The average molecular weight is 556 g/mol. The van der Waals surface area contributed by atoms with Crippen LogP contribution in [-0.4, -0.2) is 62.5 Å². The highest BCUT2D eigenvalue weighted by atomic mass is 35.5. The van der Waals surface area contributed by atoms with Gasteiger partial charge in [0.1, 0.15) is 6.04 Å². The summed E-state index contributed by atoms with van der Waals surface area (Å²) in [7, 11) is 0. The van der Waals surface area contributed by atoms with Crippen LogP contribution in [0.3, 0.4) is 0 Å². The van der Waals surface area contributed by atoms with Crippen molar-refractivity contribution in [1.29, 1.82) is 0 Å². The topological polar surface area (TPSA) is 98.7 Å². The number of aliphatic hydroxyl groups is 1. The number of benzene rings is 2. The van der Waals surface area contributed by atoms with Gasteiger partial charge in [0.15, 0.2) is 0 Å². The number of hydrogen-bond donors (Lipinski definition) is 3. The molecule has 6 atom stereocenters. The minimum absolute atomic E-state index is 0.121. The molecule has 3 heterocycles. The third-order valence-corrected chi connectivity index (χ3v) is 10.6. The summed E-state index contributed by atoms with van der Waals surface area (Å²) in [6, 6.07) is 15.1. The van der Waals surface area contributed by atoms with Crippen LogP contribution in [0.5, 0.6) is 0 Å². The zero-order chi connectivity index (χ0) is 27.1. The Balaban J connectivity index is 1.55. The lowest BCUT2D eigenvalue weighted by atomic mass is 9.66. The van der Waals surface area contributed by atoms with Crippen LogP contribution in [0.4, 0.5) is 5.69 Å². The Hall–Kier alpha value is -2.55. The van der Waals surface area contributed by atoms with E-state index in [0.717, 1.165) is 18.4 Å². The van der Waals surface area contributed by atoms with Crippen LogP contribution in [0, 0.1) is 11.8 Å². The van der Waals surface area contributed by atoms with Crippen LogP contribution in [0.25, 0.3) is 0 Å². The number of aliphatic hydroxyl groups excluding tert-OH is 1. The predicted octanol–water partition coefficient (Wildman–Crippen LogP) is 3.89. The number of halogens is 1. The Bertz CT molecular complexity index is 1210. The average Bonchev–Trinajstić information content (AvgIpc) is 3.48. The number of thioether (sulfide) groups is 1. The largest absolute Gasteiger partial charge is 0.394 e. The van der Waals surface area contributed by atoms with Gasteiger partial charge in [0.2, 0.25) is 17.7 Å². The van der Waals surface area contributed by atoms with Gasteiger partial charge >= 0.3 is 0 Å². The highest BCUT2D eigenvalue weighted by Gasteiger charge is 2.77. The lowest BCUT2D eigenvalue weighted by molar-refractivity contribution is -0.142. The molecule has 0 aromatic heterocycles. The number of carbonyl (C=O) groups is 3. The molecular formula is C29H34ClN3O4S. The number of likely N-dealkylation sites (tertiary alicyclic amines) is 1. The van der Waals surface area contributed by atoms with Gasteiger partial charge in [-0.25, -0.2) is 0 Å². The normalized spacial score (nSPS) is 30.3. The number of hydrogen-bond acceptors (Lipinski definition) is 5. The minimum atomic E-state index is -0.827. The van der Waals surface area contributed by atoms with Crippen molar-refractivity contribution in [2.24, 2.45) is 11.8 Å². The molecule has 5 rings (SSSR count). The summed E-state index contributed by atoms with van der Waals surface area (Å²) >= 11 is 7.67. The van der Waals surface area contributed by atoms with E-state index >= 15 is 0 Å². The van der Waals surface area contributed by atoms with Gasteiger partial charge < -0.3 is 20.6 Å². The maximum Gasteiger partial charge on any atom is 0.248 e. The molecule has 3 aliphatic heterocycles. The van der Waals surface area contributed by atoms with Gasteiger partial charge in [-0.15, -0.1) is 11.8 Å². The van der Waals surface area contributed by atoms with E-state index in [1.807, 2.05) is 37.3 Å². The highest BCUT2D eigenvalue weighted by molar-refractivity contribution is 8.02. The molecule has 0 aliphatic carbocycles. The second kappa shape index (κ2) is 10.5. The molecule has 3 saturated heterocycles. The quantitative estimate of drug-likeness (QED) is 0.436. The molecule has 0 radical (unpaired) electrons. The fourth-order valence-electron chi connectivity index (χ4n) is 6.70. The number of carbonyl (C=O) groups excluding carboxylic acids is 3. The Morgan fingerprint density at radius 2 is 1.84 bits per heavy atom. The number of nitrogens with zero attached hydrogens (tertiary/aromatic N) is 1. The summed E-state index contributed by atoms with van der Waals surface area (Å²) in [4.78, 5) is 43.5. The zero-order valence-corrected chi connectivity index (χ0v) is 23.2. The molecule has 1 spiro atoms. The van der Waals surface area contributed by atoms with E-state index in [1.165, 1.54) is 0 Å². The molecule has 7 nitrogen and oxygen atoms in total. The number of anilines is 1. The van der Waals surface area contributed by atoms with Crippen molar-refractivity contribution >= 4 is 46.8 Å². The molecule has 202 valence electrons. The second-order valence-corrected chi connectivity index (χ2v) is 13.1. The molecule has 3 amide bonds. The van der Waals surface area contributed by atoms with Crippen LogP contribution in [0.15, 0.2) is 54.6 Å². The van der Waals surface area contributed by atoms with E-state index < -0.39 is 33.4 Å². The Kier molecular flexibility index (Phi) is 7.50. The van der Waals surface area contributed by atoms with Crippen LogP contribution in [0.1, 0.15) is 38.7 Å². The molecular weight excluding hydrogens is 522 g/mol. The molecule has 3 fully saturated rings. The van der Waals surface area contributed by atoms with Gasteiger partial charge in [-0.3, -0.25) is 14.4 Å². The summed E-state index contributed by atoms with van der Waals surface area (Å²) in [5, 5.41) is 17.1. The lowest BCUT2D eigenvalue weighted by Gasteiger charge is -2.37. The molecule has 9 heteroatoms. The molecule has 2 unspecified atom stereocenters. The van der Waals surface area contributed by atoms with E-state index in [9.17, 15) is 19.5 Å². The molecule has 38 heavy (non-hydrogen) atoms. The van der Waals surface area contributed by atoms with Gasteiger partial charge in [-0.05, 0) is 62.4 Å². The standard InChI is InChI=1S/C29H34ClN3O4S/c1-3-15-31-25(35)22-23-27(37)33(21(17-34)16-18-7-5-4-6-8-18)24(29(23)14-13-28(22,2)38-29)26(36)32-20-11-9-19(30)10-12-20/h4-12,21-24,34H,3,13-17H2,1-2H3,(H,31,35)(H,32,36)/t21-,22+,23+,24?,28-,29?/m1/s1. The minimum Gasteiger partial charge on any atom is -0.394 e. The monoisotopic (exact) mass is 555 g/mol. The molecule has 0 saturated carbocycles. The van der Waals surface area contributed by atoms with Gasteiger partial charge in [0, 0.05) is 22.0 Å². The summed E-state index contributed by atoms with van der Waals surface area (Å²) in [6.45, 7) is 4.30. The Labute approximate surface area is 232 Å². The first-order chi connectivity index (χ1) is 18.2. The third-order valence-electron chi connectivity index (χ3n) is 8.32. The van der Waals surface area contributed by atoms with E-state index in [4.69, 9.17) is 11.6 Å². The van der Waals surface area contributed by atoms with Gasteiger partial charge in [-0.1, -0.05) is 48.9 Å². The van der Waals surface area contributed by atoms with Crippen molar-refractivity contribution in [2.45, 2.75) is 61.1 Å². The SMILES string of the molecule is CCCNC(=O)[C@@H]1[C@H]2C(=O)N([C@@H](CO)Cc3ccccc3)C(C(=O)Nc3ccc(Cl)cc3)C23CC[C@@]1(C)S3. The van der Waals surface area contributed by atoms with Crippen molar-refractivity contribution < 1.29 is 19.5 Å². The van der Waals surface area contributed by atoms with E-state index in [-0.39, 0.29) is 24.3 Å². The van der Waals surface area contributed by atoms with Crippen molar-refractivity contribution in [3.05, 3.63) is 65.2 Å². The zero-order valence-electron chi connectivity index (χ0n) is 21.7. The summed E-state index contributed by atoms with van der Waals surface area (Å²) in [6.07, 6.45) is 2.60. The molecule has 2 bridgehead atoms. The first-order valence-corrected chi connectivity index (χ1v) is 14.4. The van der Waals surface area contributed by atoms with Crippen LogP contribution in [0.2, 0.25) is 5.02 Å².